The number of amides is 3. The first-order valence-electron chi connectivity index (χ1n) is 8.86. The quantitative estimate of drug-likeness (QED) is 0.789. The zero-order valence-corrected chi connectivity index (χ0v) is 16.2. The van der Waals surface area contributed by atoms with Gasteiger partial charge in [-0.2, -0.15) is 0 Å². The summed E-state index contributed by atoms with van der Waals surface area (Å²) in [5.74, 6) is -3.07. The molecule has 150 valence electrons. The lowest BCUT2D eigenvalue weighted by Crippen LogP contribution is -2.33. The number of halogens is 2. The van der Waals surface area contributed by atoms with Crippen LogP contribution in [0.15, 0.2) is 10.6 Å². The third-order valence-electron chi connectivity index (χ3n) is 4.82. The van der Waals surface area contributed by atoms with Crippen LogP contribution in [0.3, 0.4) is 0 Å². The van der Waals surface area contributed by atoms with E-state index >= 15 is 0 Å². The summed E-state index contributed by atoms with van der Waals surface area (Å²) in [5, 5.41) is 6.96. The van der Waals surface area contributed by atoms with Crippen molar-refractivity contribution in [1.82, 2.24) is 20.4 Å². The van der Waals surface area contributed by atoms with E-state index in [2.05, 4.69) is 15.5 Å². The number of carbonyl (C=O) groups is 2. The largest absolute Gasteiger partial charge is 0.361 e. The SMILES string of the molecule is Cc1cc(CNC(=O)c2sc(N3CCN(CC4CC4(F)F)C3=O)nc2C)no1. The number of hydrogen-bond donors (Lipinski definition) is 1. The minimum Gasteiger partial charge on any atom is -0.361 e. The average Bonchev–Trinajstić information content (AvgIpc) is 3.04. The van der Waals surface area contributed by atoms with Crippen LogP contribution >= 0.6 is 11.3 Å². The Labute approximate surface area is 163 Å². The van der Waals surface area contributed by atoms with Crippen molar-refractivity contribution in [3.63, 3.8) is 0 Å². The predicted molar refractivity (Wildman–Crippen MR) is 96.6 cm³/mol. The van der Waals surface area contributed by atoms with Crippen LogP contribution in [0.5, 0.6) is 0 Å². The first-order valence-corrected chi connectivity index (χ1v) is 9.68. The van der Waals surface area contributed by atoms with Gasteiger partial charge < -0.3 is 14.7 Å². The van der Waals surface area contributed by atoms with Crippen LogP contribution in [-0.2, 0) is 6.54 Å². The van der Waals surface area contributed by atoms with Crippen LogP contribution in [-0.4, -0.2) is 52.5 Å². The highest BCUT2D eigenvalue weighted by molar-refractivity contribution is 7.17. The van der Waals surface area contributed by atoms with E-state index in [1.54, 1.807) is 19.9 Å². The van der Waals surface area contributed by atoms with E-state index in [1.807, 2.05) is 0 Å². The summed E-state index contributed by atoms with van der Waals surface area (Å²) in [6.45, 7) is 4.46. The number of thiazole rings is 1. The molecule has 2 aromatic heterocycles. The Morgan fingerprint density at radius 1 is 1.43 bits per heavy atom. The smallest absolute Gasteiger partial charge is 0.326 e. The van der Waals surface area contributed by atoms with Crippen LogP contribution in [0.1, 0.15) is 33.2 Å². The molecule has 1 atom stereocenters. The zero-order chi connectivity index (χ0) is 20.1. The molecular formula is C17H19F2N5O3S. The van der Waals surface area contributed by atoms with Crippen molar-refractivity contribution in [3.8, 4) is 0 Å². The van der Waals surface area contributed by atoms with Gasteiger partial charge in [0.2, 0.25) is 0 Å². The van der Waals surface area contributed by atoms with Gasteiger partial charge in [0.05, 0.1) is 12.2 Å². The van der Waals surface area contributed by atoms with E-state index in [9.17, 15) is 18.4 Å². The number of nitrogens with one attached hydrogen (secondary N) is 1. The van der Waals surface area contributed by atoms with Crippen LogP contribution in [0.4, 0.5) is 18.7 Å². The molecule has 8 nitrogen and oxygen atoms in total. The number of carbonyl (C=O) groups excluding carboxylic acids is 2. The van der Waals surface area contributed by atoms with Crippen molar-refractivity contribution in [2.75, 3.05) is 24.5 Å². The Bertz CT molecular complexity index is 928. The predicted octanol–water partition coefficient (Wildman–Crippen LogP) is 2.58. The number of anilines is 1. The maximum absolute atomic E-state index is 13.1. The average molecular weight is 411 g/mol. The van der Waals surface area contributed by atoms with Crippen molar-refractivity contribution in [2.24, 2.45) is 5.92 Å². The molecule has 1 aliphatic carbocycles. The number of rotatable bonds is 6. The normalized spacial score (nSPS) is 20.7. The number of nitrogens with zero attached hydrogens (tertiary/aromatic N) is 4. The first-order chi connectivity index (χ1) is 13.2. The van der Waals surface area contributed by atoms with Gasteiger partial charge >= 0.3 is 6.03 Å². The topological polar surface area (TPSA) is 91.6 Å². The summed E-state index contributed by atoms with van der Waals surface area (Å²) in [6.07, 6.45) is -0.164. The van der Waals surface area contributed by atoms with E-state index < -0.39 is 11.8 Å². The Kier molecular flexibility index (Phi) is 4.56. The van der Waals surface area contributed by atoms with E-state index in [-0.39, 0.29) is 31.4 Å². The molecule has 0 spiro atoms. The lowest BCUT2D eigenvalue weighted by atomic mass is 10.3. The molecule has 2 aliphatic rings. The molecule has 2 fully saturated rings. The molecular weight excluding hydrogens is 392 g/mol. The summed E-state index contributed by atoms with van der Waals surface area (Å²) < 4.78 is 31.2. The third kappa shape index (κ3) is 3.58. The highest BCUT2D eigenvalue weighted by atomic mass is 32.1. The molecule has 0 bridgehead atoms. The number of urea groups is 1. The molecule has 11 heteroatoms. The lowest BCUT2D eigenvalue weighted by molar-refractivity contribution is 0.0922. The number of aryl methyl sites for hydroxylation is 2. The van der Waals surface area contributed by atoms with Gasteiger partial charge in [-0.15, -0.1) is 0 Å². The number of aromatic nitrogens is 2. The minimum absolute atomic E-state index is 0.0527. The Morgan fingerprint density at radius 3 is 2.82 bits per heavy atom. The Hall–Kier alpha value is -2.56. The van der Waals surface area contributed by atoms with Crippen LogP contribution in [0.25, 0.3) is 0 Å². The summed E-state index contributed by atoms with van der Waals surface area (Å²) in [4.78, 5) is 32.6. The first kappa shape index (κ1) is 18.8. The molecule has 2 aromatic rings. The maximum Gasteiger partial charge on any atom is 0.326 e. The molecule has 28 heavy (non-hydrogen) atoms. The number of hydrogen-bond acceptors (Lipinski definition) is 6. The fourth-order valence-electron chi connectivity index (χ4n) is 3.12. The second kappa shape index (κ2) is 6.80. The Morgan fingerprint density at radius 2 is 2.18 bits per heavy atom. The molecule has 1 unspecified atom stereocenters. The summed E-state index contributed by atoms with van der Waals surface area (Å²) >= 11 is 1.11. The number of alkyl halides is 2. The highest BCUT2D eigenvalue weighted by Gasteiger charge is 2.58. The van der Waals surface area contributed by atoms with Gasteiger partial charge in [0.25, 0.3) is 11.8 Å². The molecule has 4 rings (SSSR count). The van der Waals surface area contributed by atoms with Gasteiger partial charge in [-0.05, 0) is 13.8 Å². The van der Waals surface area contributed by atoms with Gasteiger partial charge in [0.15, 0.2) is 5.13 Å². The van der Waals surface area contributed by atoms with Crippen molar-refractivity contribution >= 4 is 28.4 Å². The second-order valence-corrected chi connectivity index (χ2v) is 8.04. The van der Waals surface area contributed by atoms with Crippen molar-refractivity contribution < 1.29 is 22.9 Å². The van der Waals surface area contributed by atoms with E-state index in [4.69, 9.17) is 4.52 Å². The van der Waals surface area contributed by atoms with Gasteiger partial charge in [-0.25, -0.2) is 18.6 Å². The molecule has 1 saturated carbocycles. The lowest BCUT2D eigenvalue weighted by Gasteiger charge is -2.16. The summed E-state index contributed by atoms with van der Waals surface area (Å²) in [6, 6.07) is 1.38. The molecule has 1 saturated heterocycles. The zero-order valence-electron chi connectivity index (χ0n) is 15.4. The van der Waals surface area contributed by atoms with Crippen LogP contribution in [0, 0.1) is 19.8 Å². The molecule has 3 heterocycles. The second-order valence-electron chi connectivity index (χ2n) is 7.06. The molecule has 0 aromatic carbocycles. The van der Waals surface area contributed by atoms with E-state index in [0.717, 1.165) is 11.3 Å². The van der Waals surface area contributed by atoms with Crippen molar-refractivity contribution in [3.05, 3.63) is 28.1 Å². The van der Waals surface area contributed by atoms with Crippen LogP contribution < -0.4 is 10.2 Å². The fourth-order valence-corrected chi connectivity index (χ4v) is 4.13. The van der Waals surface area contributed by atoms with Gasteiger partial charge in [-0.1, -0.05) is 16.5 Å². The minimum atomic E-state index is -2.65. The molecule has 1 aliphatic heterocycles. The standard InChI is InChI=1S/C17H19F2N5O3S/c1-9-5-12(22-27-9)7-20-14(25)13-10(2)21-15(28-13)24-4-3-23(16(24)26)8-11-6-17(11,18)19/h5,11H,3-4,6-8H2,1-2H3,(H,20,25). The fraction of sp³-hybridized carbons (Fsp3) is 0.529. The monoisotopic (exact) mass is 411 g/mol. The molecule has 1 N–H and O–H groups in total. The highest BCUT2D eigenvalue weighted by Crippen LogP contribution is 2.49. The summed E-state index contributed by atoms with van der Waals surface area (Å²) in [5.41, 5.74) is 1.12. The van der Waals surface area contributed by atoms with Gasteiger partial charge in [-0.3, -0.25) is 9.69 Å². The van der Waals surface area contributed by atoms with Crippen LogP contribution in [0.2, 0.25) is 0 Å². The van der Waals surface area contributed by atoms with E-state index in [1.165, 1.54) is 9.80 Å². The van der Waals surface area contributed by atoms with Gasteiger partial charge in [0.1, 0.15) is 16.3 Å². The Balaban J connectivity index is 1.39. The van der Waals surface area contributed by atoms with Crippen molar-refractivity contribution in [1.29, 1.82) is 0 Å². The van der Waals surface area contributed by atoms with Crippen molar-refractivity contribution in [2.45, 2.75) is 32.7 Å². The third-order valence-corrected chi connectivity index (χ3v) is 6.00. The maximum atomic E-state index is 13.1. The van der Waals surface area contributed by atoms with Gasteiger partial charge in [0, 0.05) is 38.0 Å². The molecule has 3 amide bonds. The molecule has 0 radical (unpaired) electrons. The summed E-state index contributed by atoms with van der Waals surface area (Å²) in [7, 11) is 0. The van der Waals surface area contributed by atoms with E-state index in [0.29, 0.717) is 40.2 Å².